The van der Waals surface area contributed by atoms with Gasteiger partial charge in [-0.25, -0.2) is 4.79 Å². The minimum atomic E-state index is -0.956. The highest BCUT2D eigenvalue weighted by molar-refractivity contribution is 5.94. The normalized spacial score (nSPS) is 20.8. The lowest BCUT2D eigenvalue weighted by molar-refractivity contribution is -0.149. The summed E-state index contributed by atoms with van der Waals surface area (Å²) in [5, 5.41) is 11.4. The van der Waals surface area contributed by atoms with Gasteiger partial charge in [0.15, 0.2) is 6.10 Å². The fourth-order valence-electron chi connectivity index (χ4n) is 1.94. The Labute approximate surface area is 116 Å². The highest BCUT2D eigenvalue weighted by Crippen LogP contribution is 2.19. The number of aliphatic carboxylic acids is 1. The average molecular weight is 273 g/mol. The largest absolute Gasteiger partial charge is 0.479 e. The van der Waals surface area contributed by atoms with Crippen LogP contribution < -0.4 is 5.32 Å². The van der Waals surface area contributed by atoms with Crippen molar-refractivity contribution in [1.29, 1.82) is 0 Å². The van der Waals surface area contributed by atoms with Gasteiger partial charge in [0.1, 0.15) is 0 Å². The number of hydrogen-bond donors (Lipinski definition) is 2. The van der Waals surface area contributed by atoms with E-state index in [0.717, 1.165) is 5.56 Å². The predicted molar refractivity (Wildman–Crippen MR) is 71.9 cm³/mol. The Hall–Kier alpha value is -2.32. The van der Waals surface area contributed by atoms with Gasteiger partial charge in [-0.3, -0.25) is 4.79 Å². The summed E-state index contributed by atoms with van der Waals surface area (Å²) in [5.74, 6) is 3.89. The molecule has 2 atom stereocenters. The van der Waals surface area contributed by atoms with Gasteiger partial charge in [0.05, 0.1) is 6.10 Å². The minimum absolute atomic E-state index is 0.251. The zero-order chi connectivity index (χ0) is 14.4. The molecule has 0 bridgehead atoms. The Morgan fingerprint density at radius 2 is 2.05 bits per heavy atom. The van der Waals surface area contributed by atoms with E-state index in [1.165, 1.54) is 0 Å². The smallest absolute Gasteiger partial charge is 0.332 e. The molecule has 1 fully saturated rings. The molecule has 1 heterocycles. The van der Waals surface area contributed by atoms with Gasteiger partial charge in [-0.1, -0.05) is 24.1 Å². The number of carboxylic acids is 1. The van der Waals surface area contributed by atoms with Crippen LogP contribution in [0.4, 0.5) is 0 Å². The first-order chi connectivity index (χ1) is 9.65. The van der Waals surface area contributed by atoms with Crippen LogP contribution in [-0.4, -0.2) is 35.7 Å². The molecule has 0 spiro atoms. The van der Waals surface area contributed by atoms with Gasteiger partial charge >= 0.3 is 5.97 Å². The fraction of sp³-hybridized carbons (Fsp3) is 0.333. The molecule has 0 aliphatic carbocycles. The third kappa shape index (κ3) is 4.11. The zero-order valence-electron chi connectivity index (χ0n) is 10.8. The lowest BCUT2D eigenvalue weighted by Crippen LogP contribution is -2.32. The van der Waals surface area contributed by atoms with E-state index in [2.05, 4.69) is 17.2 Å². The van der Waals surface area contributed by atoms with E-state index in [0.29, 0.717) is 12.8 Å². The predicted octanol–water partition coefficient (Wildman–Crippen LogP) is 0.786. The third-order valence-electron chi connectivity index (χ3n) is 2.97. The standard InChI is InChI=1S/C15H15NO4/c17-14(9-6-11-4-2-1-3-5-11)16-10-12-7-8-13(20-12)15(18)19/h1-5,12-13H,7-8,10H2,(H,16,17)(H,18,19). The summed E-state index contributed by atoms with van der Waals surface area (Å²) in [6.07, 6.45) is 0.0976. The lowest BCUT2D eigenvalue weighted by atomic mass is 10.2. The number of amides is 1. The van der Waals surface area contributed by atoms with Crippen LogP contribution in [-0.2, 0) is 14.3 Å². The topological polar surface area (TPSA) is 75.6 Å². The number of rotatable bonds is 3. The third-order valence-corrected chi connectivity index (χ3v) is 2.97. The second kappa shape index (κ2) is 6.73. The van der Waals surface area contributed by atoms with Crippen LogP contribution >= 0.6 is 0 Å². The van der Waals surface area contributed by atoms with Crippen molar-refractivity contribution < 1.29 is 19.4 Å². The molecular weight excluding hydrogens is 258 g/mol. The van der Waals surface area contributed by atoms with Gasteiger partial charge in [-0.05, 0) is 25.0 Å². The van der Waals surface area contributed by atoms with Crippen LogP contribution in [0.3, 0.4) is 0 Å². The first-order valence-corrected chi connectivity index (χ1v) is 6.38. The SMILES string of the molecule is O=C(C#Cc1ccccc1)NCC1CCC(C(=O)O)O1. The number of benzene rings is 1. The van der Waals surface area contributed by atoms with Crippen molar-refractivity contribution in [3.05, 3.63) is 35.9 Å². The highest BCUT2D eigenvalue weighted by atomic mass is 16.5. The lowest BCUT2D eigenvalue weighted by Gasteiger charge is -2.10. The van der Waals surface area contributed by atoms with Gasteiger partial charge in [0, 0.05) is 18.0 Å². The second-order valence-corrected chi connectivity index (χ2v) is 4.49. The molecule has 2 rings (SSSR count). The molecule has 0 radical (unpaired) electrons. The van der Waals surface area contributed by atoms with Crippen molar-refractivity contribution in [2.24, 2.45) is 0 Å². The van der Waals surface area contributed by atoms with Crippen molar-refractivity contribution in [2.75, 3.05) is 6.54 Å². The number of carbonyl (C=O) groups is 2. The summed E-state index contributed by atoms with van der Waals surface area (Å²) in [5.41, 5.74) is 0.769. The van der Waals surface area contributed by atoms with E-state index >= 15 is 0 Å². The molecule has 104 valence electrons. The quantitative estimate of drug-likeness (QED) is 0.798. The first kappa shape index (κ1) is 14.1. The summed E-state index contributed by atoms with van der Waals surface area (Å²) in [7, 11) is 0. The van der Waals surface area contributed by atoms with Crippen LogP contribution in [0.2, 0.25) is 0 Å². The van der Waals surface area contributed by atoms with Crippen LogP contribution in [0, 0.1) is 11.8 Å². The Morgan fingerprint density at radius 3 is 2.70 bits per heavy atom. The van der Waals surface area contributed by atoms with E-state index < -0.39 is 18.0 Å². The summed E-state index contributed by atoms with van der Waals surface area (Å²) < 4.78 is 5.27. The second-order valence-electron chi connectivity index (χ2n) is 4.49. The van der Waals surface area contributed by atoms with Gasteiger partial charge in [-0.2, -0.15) is 0 Å². The number of hydrogen-bond acceptors (Lipinski definition) is 3. The van der Waals surface area contributed by atoms with Crippen LogP contribution in [0.15, 0.2) is 30.3 Å². The van der Waals surface area contributed by atoms with Crippen molar-refractivity contribution >= 4 is 11.9 Å². The summed E-state index contributed by atoms with van der Waals surface area (Å²) >= 11 is 0. The van der Waals surface area contributed by atoms with Gasteiger partial charge in [0.25, 0.3) is 5.91 Å². The monoisotopic (exact) mass is 273 g/mol. The summed E-state index contributed by atoms with van der Waals surface area (Å²) in [4.78, 5) is 22.2. The van der Waals surface area contributed by atoms with E-state index in [-0.39, 0.29) is 12.6 Å². The molecule has 1 aromatic rings. The molecule has 2 N–H and O–H groups in total. The Morgan fingerprint density at radius 1 is 1.30 bits per heavy atom. The fourth-order valence-corrected chi connectivity index (χ4v) is 1.94. The van der Waals surface area contributed by atoms with Crippen LogP contribution in [0.1, 0.15) is 18.4 Å². The van der Waals surface area contributed by atoms with E-state index in [1.807, 2.05) is 30.3 Å². The Bertz CT molecular complexity index is 544. The maximum Gasteiger partial charge on any atom is 0.332 e. The maximum absolute atomic E-state index is 11.5. The van der Waals surface area contributed by atoms with Crippen molar-refractivity contribution in [3.63, 3.8) is 0 Å². The van der Waals surface area contributed by atoms with E-state index in [1.54, 1.807) is 0 Å². The molecule has 2 unspecified atom stereocenters. The molecule has 20 heavy (non-hydrogen) atoms. The molecular formula is C15H15NO4. The van der Waals surface area contributed by atoms with E-state index in [9.17, 15) is 9.59 Å². The van der Waals surface area contributed by atoms with Gasteiger partial charge in [-0.15, -0.1) is 0 Å². The van der Waals surface area contributed by atoms with Crippen molar-refractivity contribution in [3.8, 4) is 11.8 Å². The molecule has 1 aromatic carbocycles. The van der Waals surface area contributed by atoms with Crippen LogP contribution in [0.5, 0.6) is 0 Å². The molecule has 1 amide bonds. The summed E-state index contributed by atoms with van der Waals surface area (Å²) in [6.45, 7) is 0.284. The molecule has 0 saturated carbocycles. The molecule has 1 saturated heterocycles. The molecule has 5 heteroatoms. The maximum atomic E-state index is 11.5. The molecule has 0 aromatic heterocycles. The molecule has 1 aliphatic heterocycles. The number of nitrogens with one attached hydrogen (secondary N) is 1. The number of ether oxygens (including phenoxy) is 1. The Balaban J connectivity index is 1.77. The zero-order valence-corrected chi connectivity index (χ0v) is 10.8. The summed E-state index contributed by atoms with van der Waals surface area (Å²) in [6, 6.07) is 9.21. The number of carboxylic acid groups (broad SMARTS) is 1. The Kier molecular flexibility index (Phi) is 4.75. The molecule has 5 nitrogen and oxygen atoms in total. The van der Waals surface area contributed by atoms with E-state index in [4.69, 9.17) is 9.84 Å². The number of carbonyl (C=O) groups excluding carboxylic acids is 1. The van der Waals surface area contributed by atoms with Crippen molar-refractivity contribution in [1.82, 2.24) is 5.32 Å². The minimum Gasteiger partial charge on any atom is -0.479 e. The van der Waals surface area contributed by atoms with Gasteiger partial charge < -0.3 is 15.2 Å². The molecule has 1 aliphatic rings. The van der Waals surface area contributed by atoms with Crippen molar-refractivity contribution in [2.45, 2.75) is 25.0 Å². The first-order valence-electron chi connectivity index (χ1n) is 6.38. The average Bonchev–Trinajstić information content (AvgIpc) is 2.93. The highest BCUT2D eigenvalue weighted by Gasteiger charge is 2.30. The van der Waals surface area contributed by atoms with Crippen LogP contribution in [0.25, 0.3) is 0 Å². The van der Waals surface area contributed by atoms with Gasteiger partial charge in [0.2, 0.25) is 0 Å².